The minimum Gasteiger partial charge on any atom is -0.335 e. The summed E-state index contributed by atoms with van der Waals surface area (Å²) in [5.74, 6) is -1.10. The monoisotopic (exact) mass is 558 g/mol. The lowest BCUT2D eigenvalue weighted by Gasteiger charge is -2.38. The summed E-state index contributed by atoms with van der Waals surface area (Å²) in [4.78, 5) is 15.2. The van der Waals surface area contributed by atoms with Crippen molar-refractivity contribution < 1.29 is 30.8 Å². The second-order valence-corrected chi connectivity index (χ2v) is 13.2. The fraction of sp³-hybridized carbons (Fsp3) is 0.423. The van der Waals surface area contributed by atoms with Gasteiger partial charge in [0.05, 0.1) is 10.5 Å². The maximum absolute atomic E-state index is 15.3. The van der Waals surface area contributed by atoms with Crippen LogP contribution in [0.5, 0.6) is 0 Å². The summed E-state index contributed by atoms with van der Waals surface area (Å²) in [5, 5.41) is 0.213. The third kappa shape index (κ3) is 5.10. The van der Waals surface area contributed by atoms with Gasteiger partial charge in [-0.1, -0.05) is 48.0 Å². The van der Waals surface area contributed by atoms with Crippen LogP contribution in [-0.4, -0.2) is 53.6 Å². The van der Waals surface area contributed by atoms with Gasteiger partial charge in [0.1, 0.15) is 17.6 Å². The van der Waals surface area contributed by atoms with Gasteiger partial charge in [0.25, 0.3) is 5.91 Å². The zero-order valence-corrected chi connectivity index (χ0v) is 22.1. The van der Waals surface area contributed by atoms with Gasteiger partial charge in [0.2, 0.25) is 0 Å². The number of benzene rings is 1. The number of allylic oxidation sites excluding steroid dienone is 4. The molecule has 1 aromatic heterocycles. The molecule has 0 spiro atoms. The zero-order valence-electron chi connectivity index (χ0n) is 20.6. The zero-order chi connectivity index (χ0) is 27.3. The third-order valence-corrected chi connectivity index (χ3v) is 9.75. The summed E-state index contributed by atoms with van der Waals surface area (Å²) in [6.45, 7) is 3.53. The molecule has 4 rings (SSSR count). The first kappa shape index (κ1) is 27.4. The first-order valence-corrected chi connectivity index (χ1v) is 13.7. The van der Waals surface area contributed by atoms with Gasteiger partial charge in [-0.2, -0.15) is 13.2 Å². The first-order chi connectivity index (χ1) is 17.1. The fourth-order valence-corrected chi connectivity index (χ4v) is 6.52. The van der Waals surface area contributed by atoms with Crippen molar-refractivity contribution in [3.05, 3.63) is 75.6 Å². The van der Waals surface area contributed by atoms with Crippen LogP contribution in [0.2, 0.25) is 0 Å². The third-order valence-electron chi connectivity index (χ3n) is 6.94. The first-order valence-electron chi connectivity index (χ1n) is 11.7. The highest BCUT2D eigenvalue weighted by Crippen LogP contribution is 2.43. The van der Waals surface area contributed by atoms with E-state index in [1.807, 2.05) is 0 Å². The molecule has 0 radical (unpaired) electrons. The van der Waals surface area contributed by atoms with Gasteiger partial charge in [-0.25, -0.2) is 12.8 Å². The van der Waals surface area contributed by atoms with E-state index in [-0.39, 0.29) is 59.2 Å². The van der Waals surface area contributed by atoms with Crippen molar-refractivity contribution >= 4 is 32.9 Å². The molecule has 1 aliphatic carbocycles. The van der Waals surface area contributed by atoms with Gasteiger partial charge in [-0.05, 0) is 43.5 Å². The van der Waals surface area contributed by atoms with E-state index >= 15 is 4.39 Å². The van der Waals surface area contributed by atoms with E-state index in [2.05, 4.69) is 0 Å². The van der Waals surface area contributed by atoms with E-state index in [4.69, 9.17) is 11.6 Å². The van der Waals surface area contributed by atoms with Crippen molar-refractivity contribution in [2.24, 2.45) is 0 Å². The average molecular weight is 559 g/mol. The van der Waals surface area contributed by atoms with E-state index in [0.717, 1.165) is 4.57 Å². The number of alkyl halides is 4. The summed E-state index contributed by atoms with van der Waals surface area (Å²) in [7, 11) is -3.51. The highest BCUT2D eigenvalue weighted by atomic mass is 35.5. The lowest BCUT2D eigenvalue weighted by Crippen LogP contribution is -2.55. The summed E-state index contributed by atoms with van der Waals surface area (Å²) >= 11 is 5.96. The Morgan fingerprint density at radius 2 is 1.81 bits per heavy atom. The smallest absolute Gasteiger partial charge is 0.335 e. The normalized spacial score (nSPS) is 21.4. The van der Waals surface area contributed by atoms with Crippen LogP contribution in [0.25, 0.3) is 5.57 Å². The van der Waals surface area contributed by atoms with Gasteiger partial charge in [0, 0.05) is 36.7 Å². The van der Waals surface area contributed by atoms with Crippen molar-refractivity contribution in [3.63, 3.8) is 0 Å². The van der Waals surface area contributed by atoms with Gasteiger partial charge in [-0.15, -0.1) is 0 Å². The number of hydrogen-bond acceptors (Lipinski definition) is 3. The van der Waals surface area contributed by atoms with E-state index in [1.54, 1.807) is 30.3 Å². The fourth-order valence-electron chi connectivity index (χ4n) is 4.95. The molecule has 2 aliphatic rings. The Morgan fingerprint density at radius 1 is 1.16 bits per heavy atom. The summed E-state index contributed by atoms with van der Waals surface area (Å²) in [5.41, 5.74) is -1.31. The van der Waals surface area contributed by atoms with Crippen molar-refractivity contribution in [3.8, 4) is 0 Å². The molecule has 200 valence electrons. The quantitative estimate of drug-likeness (QED) is 0.448. The molecule has 5 nitrogen and oxygen atoms in total. The molecule has 2 aromatic rings. The van der Waals surface area contributed by atoms with Crippen LogP contribution >= 0.6 is 11.6 Å². The van der Waals surface area contributed by atoms with Crippen LogP contribution < -0.4 is 0 Å². The Labute approximate surface area is 218 Å². The number of aromatic nitrogens is 1. The van der Waals surface area contributed by atoms with Crippen molar-refractivity contribution in [2.75, 3.05) is 18.8 Å². The molecule has 1 fully saturated rings. The Morgan fingerprint density at radius 3 is 2.38 bits per heavy atom. The Bertz CT molecular complexity index is 1390. The van der Waals surface area contributed by atoms with Gasteiger partial charge >= 0.3 is 6.18 Å². The van der Waals surface area contributed by atoms with Crippen LogP contribution in [0.3, 0.4) is 0 Å². The molecule has 1 aromatic carbocycles. The van der Waals surface area contributed by atoms with Crippen LogP contribution in [0.15, 0.2) is 47.5 Å². The minimum atomic E-state index is -4.84. The molecule has 0 N–H and O–H groups in total. The number of halogens is 5. The molecule has 0 saturated carbocycles. The molecule has 1 aliphatic heterocycles. The lowest BCUT2D eigenvalue weighted by molar-refractivity contribution is -0.143. The van der Waals surface area contributed by atoms with Crippen molar-refractivity contribution in [1.29, 1.82) is 0 Å². The number of amides is 1. The lowest BCUT2D eigenvalue weighted by atomic mass is 9.92. The number of sulfone groups is 1. The largest absolute Gasteiger partial charge is 0.431 e. The molecule has 2 heterocycles. The Hall–Kier alpha value is -2.59. The second-order valence-electron chi connectivity index (χ2n) is 9.98. The highest BCUT2D eigenvalue weighted by Gasteiger charge is 2.46. The molecule has 1 amide bonds. The number of nitrogens with zero attached hydrogens (tertiary/aromatic N) is 2. The Kier molecular flexibility index (Phi) is 7.13. The van der Waals surface area contributed by atoms with E-state index in [1.165, 1.54) is 37.8 Å². The van der Waals surface area contributed by atoms with Gasteiger partial charge < -0.3 is 9.47 Å². The van der Waals surface area contributed by atoms with Crippen molar-refractivity contribution in [1.82, 2.24) is 9.47 Å². The highest BCUT2D eigenvalue weighted by molar-refractivity contribution is 7.92. The summed E-state index contributed by atoms with van der Waals surface area (Å²) < 4.78 is 83.4. The maximum Gasteiger partial charge on any atom is 0.431 e. The average Bonchev–Trinajstić information content (AvgIpc) is 3.07. The van der Waals surface area contributed by atoms with Crippen LogP contribution in [0.1, 0.15) is 53.1 Å². The predicted octanol–water partition coefficient (Wildman–Crippen LogP) is 5.76. The molecule has 1 unspecified atom stereocenters. The van der Waals surface area contributed by atoms with Gasteiger partial charge in [-0.3, -0.25) is 4.79 Å². The molecular weight excluding hydrogens is 532 g/mol. The molecule has 1 saturated heterocycles. The van der Waals surface area contributed by atoms with Crippen LogP contribution in [0.4, 0.5) is 17.6 Å². The van der Waals surface area contributed by atoms with Crippen molar-refractivity contribution in [2.45, 2.75) is 50.8 Å². The SMILES string of the molecule is Cc1c(C2=CC=C(Cl)CC2F)c(C(=O)N2CCS(=O)(=O)C(C)(C)C2)n(Cc2ccccc2)c1C(F)(F)F. The summed E-state index contributed by atoms with van der Waals surface area (Å²) in [6, 6.07) is 8.35. The number of rotatable bonds is 4. The standard InChI is InChI=1S/C26H27ClF4N2O3S/c1-16-21(19-10-9-18(27)13-20(19)28)22(24(34)32-11-12-37(35,36)25(2,3)15-32)33(23(16)26(29,30)31)14-17-7-5-4-6-8-17/h4-10,20H,11-15H2,1-3H3. The second kappa shape index (κ2) is 9.62. The topological polar surface area (TPSA) is 59.4 Å². The predicted molar refractivity (Wildman–Crippen MR) is 135 cm³/mol. The molecule has 11 heteroatoms. The molecule has 0 bridgehead atoms. The van der Waals surface area contributed by atoms with E-state index < -0.39 is 38.5 Å². The summed E-state index contributed by atoms with van der Waals surface area (Å²) in [6.07, 6.45) is -4.05. The minimum absolute atomic E-state index is 0.0635. The maximum atomic E-state index is 15.3. The molecule has 37 heavy (non-hydrogen) atoms. The number of carbonyl (C=O) groups excluding carboxylic acids is 1. The van der Waals surface area contributed by atoms with E-state index in [0.29, 0.717) is 5.56 Å². The molecular formula is C26H27ClF4N2O3S. The number of hydrogen-bond donors (Lipinski definition) is 0. The molecule has 1 atom stereocenters. The van der Waals surface area contributed by atoms with Gasteiger partial charge in [0.15, 0.2) is 9.84 Å². The van der Waals surface area contributed by atoms with E-state index in [9.17, 15) is 26.4 Å². The van der Waals surface area contributed by atoms with Crippen LogP contribution in [0, 0.1) is 6.92 Å². The Balaban J connectivity index is 1.97. The number of carbonyl (C=O) groups is 1. The van der Waals surface area contributed by atoms with Crippen LogP contribution in [-0.2, 0) is 22.6 Å².